The Kier molecular flexibility index (Phi) is 3.38. The molecule has 1 heterocycles. The molecule has 0 saturated carbocycles. The Morgan fingerprint density at radius 2 is 1.88 bits per heavy atom. The number of nitrogen functional groups attached to an aromatic ring is 1. The van der Waals surface area contributed by atoms with Crippen LogP contribution in [0, 0.1) is 0 Å². The first kappa shape index (κ1) is 10.5. The maximum Gasteiger partial charge on any atom is 0.213 e. The number of aromatic nitrogens is 1. The molecule has 3 heteroatoms. The minimum absolute atomic E-state index is 0.626. The molecule has 0 saturated heterocycles. The normalized spacial score (nSPS) is 10.0. The first-order valence-corrected chi connectivity index (χ1v) is 5.23. The van der Waals surface area contributed by atoms with Crippen molar-refractivity contribution in [3.05, 3.63) is 54.2 Å². The smallest absolute Gasteiger partial charge is 0.213 e. The van der Waals surface area contributed by atoms with Crippen LogP contribution in [0.15, 0.2) is 48.7 Å². The van der Waals surface area contributed by atoms with E-state index in [4.69, 9.17) is 10.5 Å². The van der Waals surface area contributed by atoms with Crippen molar-refractivity contribution < 1.29 is 4.74 Å². The highest BCUT2D eigenvalue weighted by atomic mass is 16.5. The Balaban J connectivity index is 1.82. The molecule has 1 aromatic heterocycles. The van der Waals surface area contributed by atoms with Crippen LogP contribution < -0.4 is 10.5 Å². The van der Waals surface area contributed by atoms with Crippen molar-refractivity contribution >= 4 is 5.69 Å². The second-order valence-corrected chi connectivity index (χ2v) is 3.51. The standard InChI is InChI=1S/C13H14N2O/c14-12-6-4-11(5-7-12)8-10-16-13-3-1-2-9-15-13/h1-7,9H,8,10,14H2. The molecule has 3 nitrogen and oxygen atoms in total. The van der Waals surface area contributed by atoms with Crippen molar-refractivity contribution in [3.63, 3.8) is 0 Å². The zero-order chi connectivity index (χ0) is 11.2. The molecule has 0 amide bonds. The number of pyridine rings is 1. The van der Waals surface area contributed by atoms with Crippen molar-refractivity contribution in [1.82, 2.24) is 4.98 Å². The Hall–Kier alpha value is -2.03. The number of nitrogens with zero attached hydrogens (tertiary/aromatic N) is 1. The second kappa shape index (κ2) is 5.16. The number of ether oxygens (including phenoxy) is 1. The van der Waals surface area contributed by atoms with Crippen molar-refractivity contribution in [1.29, 1.82) is 0 Å². The quantitative estimate of drug-likeness (QED) is 0.794. The minimum atomic E-state index is 0.626. The van der Waals surface area contributed by atoms with E-state index in [9.17, 15) is 0 Å². The van der Waals surface area contributed by atoms with Crippen LogP contribution in [0.1, 0.15) is 5.56 Å². The zero-order valence-electron chi connectivity index (χ0n) is 8.97. The zero-order valence-corrected chi connectivity index (χ0v) is 8.97. The average Bonchev–Trinajstić information content (AvgIpc) is 2.33. The van der Waals surface area contributed by atoms with E-state index in [1.54, 1.807) is 6.20 Å². The Morgan fingerprint density at radius 3 is 2.56 bits per heavy atom. The van der Waals surface area contributed by atoms with E-state index >= 15 is 0 Å². The Morgan fingerprint density at radius 1 is 1.06 bits per heavy atom. The third-order valence-electron chi connectivity index (χ3n) is 2.26. The molecule has 0 aliphatic rings. The van der Waals surface area contributed by atoms with Crippen LogP contribution in [0.5, 0.6) is 5.88 Å². The molecule has 0 unspecified atom stereocenters. The highest BCUT2D eigenvalue weighted by molar-refractivity contribution is 5.39. The van der Waals surface area contributed by atoms with E-state index in [0.717, 1.165) is 12.1 Å². The fourth-order valence-corrected chi connectivity index (χ4v) is 1.39. The lowest BCUT2D eigenvalue weighted by Crippen LogP contribution is -2.02. The fraction of sp³-hybridized carbons (Fsp3) is 0.154. The van der Waals surface area contributed by atoms with E-state index in [-0.39, 0.29) is 0 Å². The lowest BCUT2D eigenvalue weighted by atomic mass is 10.1. The number of benzene rings is 1. The summed E-state index contributed by atoms with van der Waals surface area (Å²) in [5, 5.41) is 0. The van der Waals surface area contributed by atoms with Crippen LogP contribution in [0.2, 0.25) is 0 Å². The molecular weight excluding hydrogens is 200 g/mol. The van der Waals surface area contributed by atoms with E-state index in [1.807, 2.05) is 42.5 Å². The second-order valence-electron chi connectivity index (χ2n) is 3.51. The van der Waals surface area contributed by atoms with Crippen LogP contribution in [-0.4, -0.2) is 11.6 Å². The van der Waals surface area contributed by atoms with Crippen molar-refractivity contribution in [3.8, 4) is 5.88 Å². The number of rotatable bonds is 4. The van der Waals surface area contributed by atoms with Crippen molar-refractivity contribution in [2.45, 2.75) is 6.42 Å². The van der Waals surface area contributed by atoms with Gasteiger partial charge in [0.25, 0.3) is 0 Å². The summed E-state index contributed by atoms with van der Waals surface area (Å²) in [6.07, 6.45) is 2.58. The van der Waals surface area contributed by atoms with Gasteiger partial charge in [0.05, 0.1) is 6.61 Å². The van der Waals surface area contributed by atoms with Gasteiger partial charge >= 0.3 is 0 Å². The summed E-state index contributed by atoms with van der Waals surface area (Å²) in [4.78, 5) is 4.08. The van der Waals surface area contributed by atoms with Crippen LogP contribution in [0.4, 0.5) is 5.69 Å². The molecule has 2 N–H and O–H groups in total. The van der Waals surface area contributed by atoms with E-state index in [1.165, 1.54) is 5.56 Å². The fourth-order valence-electron chi connectivity index (χ4n) is 1.39. The van der Waals surface area contributed by atoms with E-state index in [2.05, 4.69) is 4.98 Å². The molecule has 0 aliphatic heterocycles. The molecule has 1 aromatic carbocycles. The van der Waals surface area contributed by atoms with Gasteiger partial charge in [-0.3, -0.25) is 0 Å². The molecule has 0 fully saturated rings. The number of nitrogens with two attached hydrogens (primary N) is 1. The first-order chi connectivity index (χ1) is 7.84. The maximum atomic E-state index is 5.61. The lowest BCUT2D eigenvalue weighted by Gasteiger charge is -2.04. The van der Waals surface area contributed by atoms with Gasteiger partial charge in [0.15, 0.2) is 0 Å². The van der Waals surface area contributed by atoms with Gasteiger partial charge in [-0.1, -0.05) is 18.2 Å². The summed E-state index contributed by atoms with van der Waals surface area (Å²) in [7, 11) is 0. The van der Waals surface area contributed by atoms with Crippen molar-refractivity contribution in [2.75, 3.05) is 12.3 Å². The molecule has 82 valence electrons. The molecule has 0 aliphatic carbocycles. The third kappa shape index (κ3) is 2.98. The summed E-state index contributed by atoms with van der Waals surface area (Å²) < 4.78 is 5.50. The van der Waals surface area contributed by atoms with Gasteiger partial charge in [-0.25, -0.2) is 4.98 Å². The average molecular weight is 214 g/mol. The van der Waals surface area contributed by atoms with Gasteiger partial charge in [-0.2, -0.15) is 0 Å². The van der Waals surface area contributed by atoms with Crippen LogP contribution in [-0.2, 0) is 6.42 Å². The molecule has 0 radical (unpaired) electrons. The van der Waals surface area contributed by atoms with Crippen LogP contribution in [0.3, 0.4) is 0 Å². The summed E-state index contributed by atoms with van der Waals surface area (Å²) in [6, 6.07) is 13.4. The summed E-state index contributed by atoms with van der Waals surface area (Å²) >= 11 is 0. The lowest BCUT2D eigenvalue weighted by molar-refractivity contribution is 0.309. The number of anilines is 1. The predicted octanol–water partition coefficient (Wildman–Crippen LogP) is 2.29. The highest BCUT2D eigenvalue weighted by Gasteiger charge is 1.95. The number of hydrogen-bond donors (Lipinski definition) is 1. The summed E-state index contributed by atoms with van der Waals surface area (Å²) in [5.74, 6) is 0.665. The highest BCUT2D eigenvalue weighted by Crippen LogP contribution is 2.08. The van der Waals surface area contributed by atoms with Crippen LogP contribution >= 0.6 is 0 Å². The predicted molar refractivity (Wildman–Crippen MR) is 64.3 cm³/mol. The van der Waals surface area contributed by atoms with Gasteiger partial charge in [-0.15, -0.1) is 0 Å². The molecule has 2 rings (SSSR count). The first-order valence-electron chi connectivity index (χ1n) is 5.23. The minimum Gasteiger partial charge on any atom is -0.477 e. The molecule has 0 spiro atoms. The molecule has 2 aromatic rings. The molecule has 0 bridgehead atoms. The molecule has 16 heavy (non-hydrogen) atoms. The van der Waals surface area contributed by atoms with Crippen molar-refractivity contribution in [2.24, 2.45) is 0 Å². The van der Waals surface area contributed by atoms with Gasteiger partial charge < -0.3 is 10.5 Å². The van der Waals surface area contributed by atoms with Gasteiger partial charge in [-0.05, 0) is 23.8 Å². The summed E-state index contributed by atoms with van der Waals surface area (Å²) in [5.41, 5.74) is 7.60. The topological polar surface area (TPSA) is 48.1 Å². The van der Waals surface area contributed by atoms with Gasteiger partial charge in [0.1, 0.15) is 0 Å². The third-order valence-corrected chi connectivity index (χ3v) is 2.26. The monoisotopic (exact) mass is 214 g/mol. The van der Waals surface area contributed by atoms with Crippen LogP contribution in [0.25, 0.3) is 0 Å². The summed E-state index contributed by atoms with van der Waals surface area (Å²) in [6.45, 7) is 0.626. The maximum absolute atomic E-state index is 5.61. The van der Waals surface area contributed by atoms with Gasteiger partial charge in [0.2, 0.25) is 5.88 Å². The van der Waals surface area contributed by atoms with Gasteiger partial charge in [0, 0.05) is 24.4 Å². The largest absolute Gasteiger partial charge is 0.477 e. The molecular formula is C13H14N2O. The Bertz CT molecular complexity index is 425. The van der Waals surface area contributed by atoms with E-state index in [0.29, 0.717) is 12.5 Å². The number of hydrogen-bond acceptors (Lipinski definition) is 3. The SMILES string of the molecule is Nc1ccc(CCOc2ccccn2)cc1. The van der Waals surface area contributed by atoms with E-state index < -0.39 is 0 Å². The Labute approximate surface area is 94.9 Å². The molecule has 0 atom stereocenters.